The molecule has 436 valence electrons. The number of hydrogen-bond donors (Lipinski definition) is 14. The van der Waals surface area contributed by atoms with Crippen molar-refractivity contribution in [3.8, 4) is 0 Å². The summed E-state index contributed by atoms with van der Waals surface area (Å²) in [6.45, 7) is 12.4. The molecule has 4 aliphatic heterocycles. The van der Waals surface area contributed by atoms with Gasteiger partial charge in [0.15, 0.2) is 18.9 Å². The summed E-state index contributed by atoms with van der Waals surface area (Å²) in [4.78, 5) is 15.1. The van der Waals surface area contributed by atoms with E-state index >= 15 is 4.79 Å². The third-order valence-electron chi connectivity index (χ3n) is 21.1. The van der Waals surface area contributed by atoms with E-state index in [0.29, 0.717) is 44.9 Å². The highest BCUT2D eigenvalue weighted by Gasteiger charge is 2.71. The van der Waals surface area contributed by atoms with Gasteiger partial charge in [-0.15, -0.1) is 0 Å². The molecule has 4 saturated carbocycles. The van der Waals surface area contributed by atoms with E-state index in [4.69, 9.17) is 37.9 Å². The zero-order chi connectivity index (χ0) is 55.6. The smallest absolute Gasteiger partial charge is 0.315 e. The first-order chi connectivity index (χ1) is 35.5. The van der Waals surface area contributed by atoms with Crippen molar-refractivity contribution in [2.24, 2.45) is 50.2 Å². The van der Waals surface area contributed by atoms with Crippen LogP contribution in [0, 0.1) is 50.2 Å². The van der Waals surface area contributed by atoms with Crippen LogP contribution in [0.1, 0.15) is 106 Å². The zero-order valence-electron chi connectivity index (χ0n) is 44.6. The topological polar surface area (TPSA) is 374 Å². The maximum Gasteiger partial charge on any atom is 0.315 e. The molecule has 29 atom stereocenters. The Morgan fingerprint density at radius 1 is 0.632 bits per heavy atom. The molecule has 9 rings (SSSR count). The van der Waals surface area contributed by atoms with Crippen LogP contribution in [-0.2, 0) is 42.7 Å². The van der Waals surface area contributed by atoms with Crippen molar-refractivity contribution in [1.82, 2.24) is 0 Å². The SMILES string of the molecule is CC1OC(OC2C(CO)OC(OCC3OC(OC(=O)C45CCC(C)(C)CC4C4=CCC6C7(C)CC(O)C(O)C(C)(CO)C7CCC6(C)C4(C)CC5)C(O)C(O)C3O)C(O)C2O)C(O)C(O)C1OC1OCC(O)C(O)C1O. The average Bonchev–Trinajstić information content (AvgIpc) is 3.40. The van der Waals surface area contributed by atoms with E-state index in [-0.39, 0.29) is 40.6 Å². The summed E-state index contributed by atoms with van der Waals surface area (Å²) in [6.07, 6.45) is -25.7. The molecule has 0 radical (unpaired) electrons. The van der Waals surface area contributed by atoms with Crippen molar-refractivity contribution in [1.29, 1.82) is 0 Å². The average molecular weight is 1090 g/mol. The summed E-state index contributed by atoms with van der Waals surface area (Å²) in [5, 5.41) is 152. The molecule has 23 heteroatoms. The van der Waals surface area contributed by atoms with Crippen LogP contribution in [0.25, 0.3) is 0 Å². The number of esters is 1. The Morgan fingerprint density at radius 2 is 1.25 bits per heavy atom. The molecule has 5 aliphatic carbocycles. The molecule has 9 aliphatic rings. The third-order valence-corrected chi connectivity index (χ3v) is 21.1. The van der Waals surface area contributed by atoms with Gasteiger partial charge in [-0.2, -0.15) is 0 Å². The lowest BCUT2D eigenvalue weighted by Crippen LogP contribution is -2.68. The second kappa shape index (κ2) is 21.3. The van der Waals surface area contributed by atoms with Gasteiger partial charge < -0.3 is 109 Å². The molecule has 0 amide bonds. The molecule has 8 fully saturated rings. The van der Waals surface area contributed by atoms with Crippen molar-refractivity contribution in [2.45, 2.75) is 235 Å². The molecule has 0 aromatic heterocycles. The molecule has 4 heterocycles. The molecule has 14 N–H and O–H groups in total. The summed E-state index contributed by atoms with van der Waals surface area (Å²) in [6, 6.07) is 0. The second-order valence-corrected chi connectivity index (χ2v) is 25.9. The number of ether oxygens (including phenoxy) is 8. The van der Waals surface area contributed by atoms with Gasteiger partial charge in [-0.05, 0) is 104 Å². The molecule has 0 aromatic rings. The highest BCUT2D eigenvalue weighted by Crippen LogP contribution is 2.76. The largest absolute Gasteiger partial charge is 0.432 e. The van der Waals surface area contributed by atoms with Crippen LogP contribution >= 0.6 is 0 Å². The fourth-order valence-electron chi connectivity index (χ4n) is 16.2. The lowest BCUT2D eigenvalue weighted by molar-refractivity contribution is -0.373. The Kier molecular flexibility index (Phi) is 16.5. The Morgan fingerprint density at radius 3 is 1.93 bits per heavy atom. The van der Waals surface area contributed by atoms with Gasteiger partial charge in [0.2, 0.25) is 6.29 Å². The van der Waals surface area contributed by atoms with E-state index in [1.807, 2.05) is 6.92 Å². The number of aliphatic hydroxyl groups excluding tert-OH is 14. The quantitative estimate of drug-likeness (QED) is 0.0756. The van der Waals surface area contributed by atoms with Crippen molar-refractivity contribution < 1.29 is 114 Å². The van der Waals surface area contributed by atoms with E-state index < -0.39 is 171 Å². The van der Waals surface area contributed by atoms with Crippen LogP contribution in [0.15, 0.2) is 11.6 Å². The van der Waals surface area contributed by atoms with E-state index in [1.165, 1.54) is 12.5 Å². The highest BCUT2D eigenvalue weighted by molar-refractivity contribution is 5.79. The normalized spacial score (nSPS) is 55.2. The van der Waals surface area contributed by atoms with E-state index in [1.54, 1.807) is 0 Å². The predicted octanol–water partition coefficient (Wildman–Crippen LogP) is -2.43. The first-order valence-corrected chi connectivity index (χ1v) is 27.3. The van der Waals surface area contributed by atoms with Gasteiger partial charge in [-0.25, -0.2) is 0 Å². The first kappa shape index (κ1) is 59.0. The number of hydrogen-bond acceptors (Lipinski definition) is 23. The molecule has 0 spiro atoms. The van der Waals surface area contributed by atoms with Gasteiger partial charge in [0.1, 0.15) is 85.5 Å². The first-order valence-electron chi connectivity index (χ1n) is 27.3. The van der Waals surface area contributed by atoms with Gasteiger partial charge in [-0.1, -0.05) is 53.2 Å². The van der Waals surface area contributed by atoms with Crippen molar-refractivity contribution in [3.63, 3.8) is 0 Å². The van der Waals surface area contributed by atoms with E-state index in [9.17, 15) is 71.5 Å². The molecule has 0 bridgehead atoms. The monoisotopic (exact) mass is 1090 g/mol. The molecule has 29 unspecified atom stereocenters. The van der Waals surface area contributed by atoms with Gasteiger partial charge >= 0.3 is 5.97 Å². The van der Waals surface area contributed by atoms with Crippen LogP contribution < -0.4 is 0 Å². The number of carbonyl (C=O) groups excluding carboxylic acids is 1. The summed E-state index contributed by atoms with van der Waals surface area (Å²) in [7, 11) is 0. The minimum absolute atomic E-state index is 0.0271. The van der Waals surface area contributed by atoms with Crippen LogP contribution in [0.2, 0.25) is 0 Å². The van der Waals surface area contributed by atoms with Crippen molar-refractivity contribution >= 4 is 5.97 Å². The predicted molar refractivity (Wildman–Crippen MR) is 258 cm³/mol. The molecule has 4 saturated heterocycles. The van der Waals surface area contributed by atoms with Crippen LogP contribution in [0.5, 0.6) is 0 Å². The third kappa shape index (κ3) is 9.46. The molecule has 23 nitrogen and oxygen atoms in total. The fraction of sp³-hybridized carbons (Fsp3) is 0.943. The molecule has 76 heavy (non-hydrogen) atoms. The van der Waals surface area contributed by atoms with Crippen LogP contribution in [0.4, 0.5) is 0 Å². The van der Waals surface area contributed by atoms with Gasteiger partial charge in [-0.3, -0.25) is 4.79 Å². The number of carbonyl (C=O) groups is 1. The van der Waals surface area contributed by atoms with Gasteiger partial charge in [0.25, 0.3) is 0 Å². The standard InChI is InChI=1S/C53H86O23/c1-22-40(74-44-36(63)31(58)26(57)19-69-44)34(61)39(66)45(71-22)75-41-27(18-54)72-43(38(65)35(41)62)70-20-28-32(59)33(60)37(64)46(73-28)76-47(68)53-14-12-48(2,3)16-24(53)23-8-9-30-49(4)17-25(56)42(67)50(5,21-55)29(49)10-11-52(30,7)51(23,6)13-15-53/h8,22,24-46,54-67H,9-21H2,1-7H3. The number of fused-ring (bicyclic) bond motifs is 7. The Bertz CT molecular complexity index is 2100. The number of allylic oxidation sites excluding steroid dienone is 2. The fourth-order valence-corrected chi connectivity index (χ4v) is 16.2. The van der Waals surface area contributed by atoms with Crippen LogP contribution in [0.3, 0.4) is 0 Å². The number of aliphatic hydroxyl groups is 14. The molecule has 0 aromatic carbocycles. The van der Waals surface area contributed by atoms with Crippen LogP contribution in [-0.4, -0.2) is 233 Å². The van der Waals surface area contributed by atoms with E-state index in [2.05, 4.69) is 40.7 Å². The summed E-state index contributed by atoms with van der Waals surface area (Å²) in [5.74, 6) is -0.796. The summed E-state index contributed by atoms with van der Waals surface area (Å²) >= 11 is 0. The molecular weight excluding hydrogens is 1000 g/mol. The lowest BCUT2D eigenvalue weighted by atomic mass is 9.33. The van der Waals surface area contributed by atoms with E-state index in [0.717, 1.165) is 12.8 Å². The minimum atomic E-state index is -1.93. The zero-order valence-corrected chi connectivity index (χ0v) is 44.6. The maximum atomic E-state index is 15.1. The van der Waals surface area contributed by atoms with Gasteiger partial charge in [0.05, 0.1) is 50.2 Å². The Hall–Kier alpha value is -1.63. The van der Waals surface area contributed by atoms with Gasteiger partial charge in [0, 0.05) is 5.41 Å². The lowest BCUT2D eigenvalue weighted by Gasteiger charge is -2.71. The highest BCUT2D eigenvalue weighted by atomic mass is 16.8. The Labute approximate surface area is 442 Å². The van der Waals surface area contributed by atoms with Crippen molar-refractivity contribution in [2.75, 3.05) is 26.4 Å². The summed E-state index contributed by atoms with van der Waals surface area (Å²) < 4.78 is 46.2. The minimum Gasteiger partial charge on any atom is -0.432 e. The van der Waals surface area contributed by atoms with Crippen molar-refractivity contribution in [3.05, 3.63) is 11.6 Å². The summed E-state index contributed by atoms with van der Waals surface area (Å²) in [5.41, 5.74) is -1.91. The Balaban J connectivity index is 0.861. The maximum absolute atomic E-state index is 15.1. The number of rotatable bonds is 11. The molecular formula is C53H86O23. The second-order valence-electron chi connectivity index (χ2n) is 25.9.